The summed E-state index contributed by atoms with van der Waals surface area (Å²) in [5.74, 6) is -0.494. The van der Waals surface area contributed by atoms with Crippen molar-refractivity contribution in [1.82, 2.24) is 5.43 Å². The van der Waals surface area contributed by atoms with Crippen molar-refractivity contribution in [1.29, 1.82) is 0 Å². The molecule has 118 valence electrons. The molecule has 0 aliphatic rings. The number of nitrogen functional groups attached to an aromatic ring is 1. The van der Waals surface area contributed by atoms with E-state index in [9.17, 15) is 14.9 Å². The highest BCUT2D eigenvalue weighted by Gasteiger charge is 2.12. The molecule has 0 heterocycles. The summed E-state index contributed by atoms with van der Waals surface area (Å²) >= 11 is 6.53. The first-order chi connectivity index (χ1) is 10.9. The first-order valence-electron chi connectivity index (χ1n) is 6.21. The van der Waals surface area contributed by atoms with Crippen molar-refractivity contribution in [2.45, 2.75) is 0 Å². The quantitative estimate of drug-likeness (QED) is 0.327. The Labute approximate surface area is 148 Å². The lowest BCUT2D eigenvalue weighted by molar-refractivity contribution is -0.384. The second-order valence-corrected chi connectivity index (χ2v) is 6.17. The number of benzene rings is 2. The summed E-state index contributed by atoms with van der Waals surface area (Å²) in [6.07, 6.45) is 1.31. The van der Waals surface area contributed by atoms with Crippen LogP contribution in [-0.4, -0.2) is 17.0 Å². The van der Waals surface area contributed by atoms with Crippen LogP contribution in [-0.2, 0) is 0 Å². The smallest absolute Gasteiger partial charge is 0.273 e. The largest absolute Gasteiger partial charge is 0.397 e. The van der Waals surface area contributed by atoms with E-state index in [-0.39, 0.29) is 16.9 Å². The highest BCUT2D eigenvalue weighted by Crippen LogP contribution is 2.28. The number of nitrogens with zero attached hydrogens (tertiary/aromatic N) is 2. The zero-order chi connectivity index (χ0) is 17.0. The molecule has 0 fully saturated rings. The lowest BCUT2D eigenvalue weighted by Crippen LogP contribution is -2.19. The lowest BCUT2D eigenvalue weighted by Gasteiger charge is -2.07. The van der Waals surface area contributed by atoms with Gasteiger partial charge in [0.2, 0.25) is 0 Å². The molecule has 0 aliphatic carbocycles. The third-order valence-electron chi connectivity index (χ3n) is 2.80. The van der Waals surface area contributed by atoms with Crippen molar-refractivity contribution in [2.75, 3.05) is 5.73 Å². The Kier molecular flexibility index (Phi) is 5.45. The molecule has 0 bridgehead atoms. The summed E-state index contributed by atoms with van der Waals surface area (Å²) in [7, 11) is 0. The standard InChI is InChI=1S/C14H10Br2N4O3/c15-9-5-11(13(17)12(16)6-9)14(21)19-18-7-8-2-1-3-10(4-8)20(22)23/h1-7H,17H2,(H,19,21)/b18-7-. The van der Waals surface area contributed by atoms with E-state index in [2.05, 4.69) is 42.4 Å². The van der Waals surface area contributed by atoms with E-state index in [0.29, 0.717) is 14.5 Å². The van der Waals surface area contributed by atoms with Gasteiger partial charge in [-0.3, -0.25) is 14.9 Å². The van der Waals surface area contributed by atoms with Crippen molar-refractivity contribution in [3.8, 4) is 0 Å². The van der Waals surface area contributed by atoms with Gasteiger partial charge in [0.05, 0.1) is 22.4 Å². The summed E-state index contributed by atoms with van der Waals surface area (Å²) in [4.78, 5) is 22.3. The number of hydrazone groups is 1. The number of hydrogen-bond acceptors (Lipinski definition) is 5. The molecule has 3 N–H and O–H groups in total. The van der Waals surface area contributed by atoms with Gasteiger partial charge in [-0.1, -0.05) is 28.1 Å². The second-order valence-electron chi connectivity index (χ2n) is 4.40. The molecule has 0 radical (unpaired) electrons. The third kappa shape index (κ3) is 4.36. The fourth-order valence-electron chi connectivity index (χ4n) is 1.72. The van der Waals surface area contributed by atoms with Gasteiger partial charge in [0.25, 0.3) is 11.6 Å². The molecular weight excluding hydrogens is 432 g/mol. The maximum atomic E-state index is 12.1. The van der Waals surface area contributed by atoms with E-state index >= 15 is 0 Å². The van der Waals surface area contributed by atoms with E-state index in [0.717, 1.165) is 0 Å². The summed E-state index contributed by atoms with van der Waals surface area (Å²) in [5.41, 5.74) is 9.14. The zero-order valence-corrected chi connectivity index (χ0v) is 14.7. The van der Waals surface area contributed by atoms with Gasteiger partial charge in [0, 0.05) is 26.6 Å². The fraction of sp³-hybridized carbons (Fsp3) is 0. The van der Waals surface area contributed by atoms with Gasteiger partial charge in [-0.15, -0.1) is 0 Å². The Bertz CT molecular complexity index is 809. The molecule has 2 aromatic rings. The molecular formula is C14H10Br2N4O3. The average molecular weight is 442 g/mol. The molecule has 1 amide bonds. The van der Waals surface area contributed by atoms with Crippen LogP contribution in [0.15, 0.2) is 50.4 Å². The Balaban J connectivity index is 2.13. The minimum Gasteiger partial charge on any atom is -0.397 e. The van der Waals surface area contributed by atoms with Crippen molar-refractivity contribution < 1.29 is 9.72 Å². The predicted octanol–water partition coefficient (Wildman–Crippen LogP) is 3.47. The Morgan fingerprint density at radius 3 is 2.74 bits per heavy atom. The van der Waals surface area contributed by atoms with Gasteiger partial charge in [-0.25, -0.2) is 5.43 Å². The van der Waals surface area contributed by atoms with Crippen LogP contribution < -0.4 is 11.2 Å². The molecule has 0 aliphatic heterocycles. The molecule has 23 heavy (non-hydrogen) atoms. The predicted molar refractivity (Wildman–Crippen MR) is 94.4 cm³/mol. The van der Waals surface area contributed by atoms with Crippen LogP contribution >= 0.6 is 31.9 Å². The van der Waals surface area contributed by atoms with E-state index in [1.165, 1.54) is 24.4 Å². The highest BCUT2D eigenvalue weighted by molar-refractivity contribution is 9.11. The fourth-order valence-corrected chi connectivity index (χ4v) is 2.94. The minimum atomic E-state index is -0.504. The molecule has 2 aromatic carbocycles. The highest BCUT2D eigenvalue weighted by atomic mass is 79.9. The first kappa shape index (κ1) is 17.1. The monoisotopic (exact) mass is 440 g/mol. The first-order valence-corrected chi connectivity index (χ1v) is 7.79. The van der Waals surface area contributed by atoms with Gasteiger partial charge >= 0.3 is 0 Å². The minimum absolute atomic E-state index is 0.0551. The van der Waals surface area contributed by atoms with Crippen LogP contribution in [0.3, 0.4) is 0 Å². The van der Waals surface area contributed by atoms with Crippen LogP contribution in [0.1, 0.15) is 15.9 Å². The maximum Gasteiger partial charge on any atom is 0.273 e. The number of nitrogens with one attached hydrogen (secondary N) is 1. The SMILES string of the molecule is Nc1c(Br)cc(Br)cc1C(=O)N/N=C\c1cccc([N+](=O)[O-])c1. The zero-order valence-electron chi connectivity index (χ0n) is 11.5. The van der Waals surface area contributed by atoms with Gasteiger partial charge < -0.3 is 5.73 Å². The Hall–Kier alpha value is -2.26. The summed E-state index contributed by atoms with van der Waals surface area (Å²) in [5, 5.41) is 14.5. The van der Waals surface area contributed by atoms with Crippen LogP contribution in [0.25, 0.3) is 0 Å². The number of carbonyl (C=O) groups excluding carboxylic acids is 1. The number of carbonyl (C=O) groups is 1. The number of hydrogen-bond donors (Lipinski definition) is 2. The lowest BCUT2D eigenvalue weighted by atomic mass is 10.2. The number of anilines is 1. The van der Waals surface area contributed by atoms with Crippen LogP contribution in [0.2, 0.25) is 0 Å². The Morgan fingerprint density at radius 1 is 1.30 bits per heavy atom. The number of halogens is 2. The number of nitro benzene ring substituents is 1. The number of nitrogens with two attached hydrogens (primary N) is 1. The maximum absolute atomic E-state index is 12.1. The van der Waals surface area contributed by atoms with E-state index < -0.39 is 10.8 Å². The molecule has 0 spiro atoms. The number of rotatable bonds is 4. The van der Waals surface area contributed by atoms with Gasteiger partial charge in [0.15, 0.2) is 0 Å². The second kappa shape index (κ2) is 7.34. The molecule has 9 heteroatoms. The van der Waals surface area contributed by atoms with Crippen molar-refractivity contribution in [3.63, 3.8) is 0 Å². The molecule has 2 rings (SSSR count). The van der Waals surface area contributed by atoms with Crippen LogP contribution in [0.4, 0.5) is 11.4 Å². The Morgan fingerprint density at radius 2 is 2.04 bits per heavy atom. The van der Waals surface area contributed by atoms with Crippen LogP contribution in [0, 0.1) is 10.1 Å². The summed E-state index contributed by atoms with van der Waals surface area (Å²) in [6, 6.07) is 9.17. The third-order valence-corrected chi connectivity index (χ3v) is 3.91. The average Bonchev–Trinajstić information content (AvgIpc) is 2.51. The number of nitro groups is 1. The summed E-state index contributed by atoms with van der Waals surface area (Å²) < 4.78 is 1.27. The topological polar surface area (TPSA) is 111 Å². The van der Waals surface area contributed by atoms with Gasteiger partial charge in [-0.05, 0) is 28.1 Å². The number of amides is 1. The van der Waals surface area contributed by atoms with Gasteiger partial charge in [-0.2, -0.15) is 5.10 Å². The van der Waals surface area contributed by atoms with E-state index in [1.54, 1.807) is 18.2 Å². The molecule has 0 unspecified atom stereocenters. The van der Waals surface area contributed by atoms with Crippen molar-refractivity contribution >= 4 is 55.4 Å². The molecule has 0 saturated heterocycles. The molecule has 0 aromatic heterocycles. The van der Waals surface area contributed by atoms with E-state index in [1.807, 2.05) is 0 Å². The molecule has 0 atom stereocenters. The summed E-state index contributed by atoms with van der Waals surface area (Å²) in [6.45, 7) is 0. The van der Waals surface area contributed by atoms with E-state index in [4.69, 9.17) is 5.73 Å². The van der Waals surface area contributed by atoms with Gasteiger partial charge in [0.1, 0.15) is 0 Å². The number of non-ortho nitro benzene ring substituents is 1. The van der Waals surface area contributed by atoms with Crippen molar-refractivity contribution in [2.24, 2.45) is 5.10 Å². The normalized spacial score (nSPS) is 10.7. The van der Waals surface area contributed by atoms with Crippen LogP contribution in [0.5, 0.6) is 0 Å². The molecule has 7 nitrogen and oxygen atoms in total. The molecule has 0 saturated carbocycles. The van der Waals surface area contributed by atoms with Crippen molar-refractivity contribution in [3.05, 3.63) is 66.6 Å².